The number of aryl methyl sites for hydroxylation is 2. The Balaban J connectivity index is 1.62. The van der Waals surface area contributed by atoms with Gasteiger partial charge in [-0.2, -0.15) is 0 Å². The Labute approximate surface area is 155 Å². The Morgan fingerprint density at radius 1 is 1.23 bits per heavy atom. The van der Waals surface area contributed by atoms with E-state index in [1.54, 1.807) is 77.8 Å². The molecule has 0 radical (unpaired) electrons. The van der Waals surface area contributed by atoms with Gasteiger partial charge in [-0.15, -0.1) is 11.3 Å². The number of hydrogen-bond acceptors (Lipinski definition) is 5. The summed E-state index contributed by atoms with van der Waals surface area (Å²) in [5, 5.41) is 3.79. The Hall–Kier alpha value is -3.00. The molecule has 0 aliphatic rings. The second-order valence-electron chi connectivity index (χ2n) is 5.90. The largest absolute Gasteiger partial charge is 0.331 e. The standard InChI is InChI=1S/C18H19N5O2S/c1-12-20-10-15(26-12)11-23(3)18(25)21-14-6-4-13(5-7-14)16(24)17-19-8-9-22(17)2/h4-10H,11H2,1-3H3,(H,21,25). The molecular weight excluding hydrogens is 350 g/mol. The van der Waals surface area contributed by atoms with Crippen LogP contribution in [0.2, 0.25) is 0 Å². The van der Waals surface area contributed by atoms with Crippen molar-refractivity contribution in [3.63, 3.8) is 0 Å². The van der Waals surface area contributed by atoms with Crippen molar-refractivity contribution >= 4 is 28.8 Å². The van der Waals surface area contributed by atoms with Gasteiger partial charge in [0.1, 0.15) is 0 Å². The van der Waals surface area contributed by atoms with Gasteiger partial charge in [0.25, 0.3) is 0 Å². The molecular formula is C18H19N5O2S. The van der Waals surface area contributed by atoms with Crippen molar-refractivity contribution in [3.05, 3.63) is 64.1 Å². The minimum absolute atomic E-state index is 0.159. The highest BCUT2D eigenvalue weighted by atomic mass is 32.1. The van der Waals surface area contributed by atoms with Crippen LogP contribution in [0.4, 0.5) is 10.5 Å². The first kappa shape index (κ1) is 17.8. The number of ketones is 1. The van der Waals surface area contributed by atoms with Crippen molar-refractivity contribution in [1.29, 1.82) is 0 Å². The maximum Gasteiger partial charge on any atom is 0.321 e. The highest BCUT2D eigenvalue weighted by molar-refractivity contribution is 7.11. The molecule has 26 heavy (non-hydrogen) atoms. The lowest BCUT2D eigenvalue weighted by Gasteiger charge is -2.17. The van der Waals surface area contributed by atoms with Gasteiger partial charge in [-0.1, -0.05) is 0 Å². The van der Waals surface area contributed by atoms with Gasteiger partial charge in [-0.05, 0) is 31.2 Å². The predicted octanol–water partition coefficient (Wildman–Crippen LogP) is 3.08. The molecule has 1 N–H and O–H groups in total. The Morgan fingerprint density at radius 2 is 1.96 bits per heavy atom. The summed E-state index contributed by atoms with van der Waals surface area (Å²) in [6.07, 6.45) is 5.09. The van der Waals surface area contributed by atoms with Crippen molar-refractivity contribution in [3.8, 4) is 0 Å². The van der Waals surface area contributed by atoms with Crippen LogP contribution >= 0.6 is 11.3 Å². The third-order valence-electron chi connectivity index (χ3n) is 3.83. The average Bonchev–Trinajstić information content (AvgIpc) is 3.23. The number of thiazole rings is 1. The minimum atomic E-state index is -0.223. The van der Waals surface area contributed by atoms with Crippen LogP contribution in [-0.4, -0.2) is 38.3 Å². The molecule has 0 spiro atoms. The number of benzene rings is 1. The molecule has 8 heteroatoms. The number of rotatable bonds is 5. The predicted molar refractivity (Wildman–Crippen MR) is 100 cm³/mol. The summed E-state index contributed by atoms with van der Waals surface area (Å²) in [7, 11) is 3.50. The maximum absolute atomic E-state index is 12.4. The number of carbonyl (C=O) groups excluding carboxylic acids is 2. The Morgan fingerprint density at radius 3 is 2.54 bits per heavy atom. The number of nitrogens with one attached hydrogen (secondary N) is 1. The van der Waals surface area contributed by atoms with Gasteiger partial charge in [0.05, 0.1) is 11.6 Å². The van der Waals surface area contributed by atoms with E-state index in [2.05, 4.69) is 15.3 Å². The lowest BCUT2D eigenvalue weighted by Crippen LogP contribution is -2.30. The van der Waals surface area contributed by atoms with Gasteiger partial charge in [0.15, 0.2) is 5.82 Å². The lowest BCUT2D eigenvalue weighted by molar-refractivity contribution is 0.102. The summed E-state index contributed by atoms with van der Waals surface area (Å²) in [6, 6.07) is 6.55. The average molecular weight is 369 g/mol. The summed E-state index contributed by atoms with van der Waals surface area (Å²) in [5.41, 5.74) is 1.14. The molecule has 0 aliphatic carbocycles. The van der Waals surface area contributed by atoms with Crippen molar-refractivity contribution in [2.45, 2.75) is 13.5 Å². The van der Waals surface area contributed by atoms with Crippen LogP contribution < -0.4 is 5.32 Å². The molecule has 3 rings (SSSR count). The molecule has 0 bridgehead atoms. The van der Waals surface area contributed by atoms with Crippen LogP contribution in [0, 0.1) is 6.92 Å². The maximum atomic E-state index is 12.4. The summed E-state index contributed by atoms with van der Waals surface area (Å²) in [6.45, 7) is 2.43. The van der Waals surface area contributed by atoms with Crippen molar-refractivity contribution in [2.75, 3.05) is 12.4 Å². The molecule has 0 aliphatic heterocycles. The number of urea groups is 1. The summed E-state index contributed by atoms with van der Waals surface area (Å²) in [5.74, 6) is 0.217. The molecule has 134 valence electrons. The first-order valence-electron chi connectivity index (χ1n) is 7.99. The van der Waals surface area contributed by atoms with E-state index < -0.39 is 0 Å². The van der Waals surface area contributed by atoms with Crippen molar-refractivity contribution in [2.24, 2.45) is 7.05 Å². The molecule has 2 amide bonds. The summed E-state index contributed by atoms with van der Waals surface area (Å²) >= 11 is 1.57. The van der Waals surface area contributed by atoms with Crippen LogP contribution in [0.15, 0.2) is 42.9 Å². The molecule has 0 unspecified atom stereocenters. The minimum Gasteiger partial charge on any atom is -0.331 e. The van der Waals surface area contributed by atoms with E-state index in [-0.39, 0.29) is 11.8 Å². The number of aromatic nitrogens is 3. The number of carbonyl (C=O) groups is 2. The molecule has 1 aromatic carbocycles. The zero-order valence-electron chi connectivity index (χ0n) is 14.8. The van der Waals surface area contributed by atoms with Gasteiger partial charge < -0.3 is 14.8 Å². The molecule has 0 saturated heterocycles. The highest BCUT2D eigenvalue weighted by Crippen LogP contribution is 2.16. The van der Waals surface area contributed by atoms with E-state index in [4.69, 9.17) is 0 Å². The van der Waals surface area contributed by atoms with Crippen molar-refractivity contribution in [1.82, 2.24) is 19.4 Å². The van der Waals surface area contributed by atoms with E-state index in [9.17, 15) is 9.59 Å². The van der Waals surface area contributed by atoms with Crippen LogP contribution in [0.25, 0.3) is 0 Å². The molecule has 0 saturated carbocycles. The number of imidazole rings is 1. The fourth-order valence-corrected chi connectivity index (χ4v) is 3.27. The number of anilines is 1. The first-order chi connectivity index (χ1) is 12.4. The molecule has 3 aromatic rings. The normalized spacial score (nSPS) is 10.6. The van der Waals surface area contributed by atoms with Gasteiger partial charge in [-0.25, -0.2) is 14.8 Å². The number of amides is 2. The van der Waals surface area contributed by atoms with E-state index in [0.29, 0.717) is 23.6 Å². The first-order valence-corrected chi connectivity index (χ1v) is 8.81. The fraction of sp³-hybridized carbons (Fsp3) is 0.222. The van der Waals surface area contributed by atoms with Gasteiger partial charge in [0.2, 0.25) is 5.78 Å². The fourth-order valence-electron chi connectivity index (χ4n) is 2.42. The Kier molecular flexibility index (Phi) is 5.13. The summed E-state index contributed by atoms with van der Waals surface area (Å²) in [4.78, 5) is 35.5. The zero-order chi connectivity index (χ0) is 18.7. The van der Waals surface area contributed by atoms with Crippen LogP contribution in [-0.2, 0) is 13.6 Å². The van der Waals surface area contributed by atoms with Gasteiger partial charge in [0, 0.05) is 48.8 Å². The quantitative estimate of drug-likeness (QED) is 0.701. The van der Waals surface area contributed by atoms with Crippen LogP contribution in [0.5, 0.6) is 0 Å². The zero-order valence-corrected chi connectivity index (χ0v) is 15.6. The summed E-state index contributed by atoms with van der Waals surface area (Å²) < 4.78 is 1.67. The van der Waals surface area contributed by atoms with Gasteiger partial charge in [-0.3, -0.25) is 4.79 Å². The number of nitrogens with zero attached hydrogens (tertiary/aromatic N) is 4. The third kappa shape index (κ3) is 3.97. The Bertz CT molecular complexity index is 929. The van der Waals surface area contributed by atoms with E-state index >= 15 is 0 Å². The van der Waals surface area contributed by atoms with Crippen LogP contribution in [0.3, 0.4) is 0 Å². The molecule has 2 aromatic heterocycles. The molecule has 0 fully saturated rings. The molecule has 7 nitrogen and oxygen atoms in total. The second kappa shape index (κ2) is 7.49. The topological polar surface area (TPSA) is 80.1 Å². The van der Waals surface area contributed by atoms with E-state index in [1.807, 2.05) is 6.92 Å². The third-order valence-corrected chi connectivity index (χ3v) is 4.73. The van der Waals surface area contributed by atoms with Gasteiger partial charge >= 0.3 is 6.03 Å². The lowest BCUT2D eigenvalue weighted by atomic mass is 10.1. The van der Waals surface area contributed by atoms with E-state index in [1.165, 1.54) is 0 Å². The SMILES string of the molecule is Cc1ncc(CN(C)C(=O)Nc2ccc(C(=O)c3nccn3C)cc2)s1. The molecule has 0 atom stereocenters. The second-order valence-corrected chi connectivity index (χ2v) is 7.22. The van der Waals surface area contributed by atoms with E-state index in [0.717, 1.165) is 9.88 Å². The molecule has 2 heterocycles. The van der Waals surface area contributed by atoms with Crippen molar-refractivity contribution < 1.29 is 9.59 Å². The van der Waals surface area contributed by atoms with Crippen LogP contribution in [0.1, 0.15) is 26.1 Å². The monoisotopic (exact) mass is 369 g/mol. The number of hydrogen-bond donors (Lipinski definition) is 1. The highest BCUT2D eigenvalue weighted by Gasteiger charge is 2.14. The smallest absolute Gasteiger partial charge is 0.321 e.